The summed E-state index contributed by atoms with van der Waals surface area (Å²) < 4.78 is 0. The third-order valence-corrected chi connectivity index (χ3v) is 4.49. The van der Waals surface area contributed by atoms with Gasteiger partial charge in [-0.15, -0.1) is 0 Å². The van der Waals surface area contributed by atoms with Crippen LogP contribution in [-0.2, 0) is 0 Å². The monoisotopic (exact) mass is 271 g/mol. The van der Waals surface area contributed by atoms with Crippen molar-refractivity contribution in [3.8, 4) is 0 Å². The number of likely N-dealkylation sites (tertiary alicyclic amines) is 1. The first-order chi connectivity index (χ1) is 9.24. The second kappa shape index (κ2) is 12.9. The van der Waals surface area contributed by atoms with Crippen LogP contribution in [0.2, 0.25) is 0 Å². The average Bonchev–Trinajstić information content (AvgIpc) is 2.51. The van der Waals surface area contributed by atoms with Crippen molar-refractivity contribution in [2.24, 2.45) is 11.8 Å². The minimum atomic E-state index is 0.935. The molecule has 1 aliphatic heterocycles. The Bertz CT molecular complexity index is 170. The van der Waals surface area contributed by atoms with Crippen molar-refractivity contribution >= 4 is 0 Å². The lowest BCUT2D eigenvalue weighted by Crippen LogP contribution is -2.29. The zero-order chi connectivity index (χ0) is 14.5. The minimum absolute atomic E-state index is 0.935. The van der Waals surface area contributed by atoms with Crippen molar-refractivity contribution in [1.82, 2.24) is 4.90 Å². The molecule has 2 aliphatic rings. The van der Waals surface area contributed by atoms with Gasteiger partial charge in [-0.2, -0.15) is 0 Å². The van der Waals surface area contributed by atoms with Crippen LogP contribution in [-0.4, -0.2) is 36.8 Å². The Morgan fingerprint density at radius 3 is 1.68 bits per heavy atom. The van der Waals surface area contributed by atoms with E-state index < -0.39 is 0 Å². The maximum Gasteiger partial charge on any atom is 0.0319 e. The van der Waals surface area contributed by atoms with Crippen LogP contribution >= 0.6 is 0 Å². The molecule has 1 heterocycles. The summed E-state index contributed by atoms with van der Waals surface area (Å²) in [5.41, 5.74) is 0. The second-order valence-corrected chi connectivity index (χ2v) is 6.14. The van der Waals surface area contributed by atoms with Gasteiger partial charge in [-0.05, 0) is 44.3 Å². The predicted molar refractivity (Wildman–Crippen MR) is 85.5 cm³/mol. The summed E-state index contributed by atoms with van der Waals surface area (Å²) in [7, 11) is 1.00. The molecule has 1 saturated carbocycles. The Hall–Kier alpha value is -0.0800. The summed E-state index contributed by atoms with van der Waals surface area (Å²) in [5, 5.41) is 7.00. The number of hydrogen-bond acceptors (Lipinski definition) is 2. The molecule has 0 radical (unpaired) electrons. The molecular weight excluding hydrogens is 234 g/mol. The highest BCUT2D eigenvalue weighted by Crippen LogP contribution is 2.29. The molecule has 1 aliphatic carbocycles. The smallest absolute Gasteiger partial charge is 0.0319 e. The third kappa shape index (κ3) is 9.45. The van der Waals surface area contributed by atoms with E-state index in [1.54, 1.807) is 0 Å². The highest BCUT2D eigenvalue weighted by molar-refractivity contribution is 4.67. The molecule has 0 aromatic heterocycles. The summed E-state index contributed by atoms with van der Waals surface area (Å²) in [4.78, 5) is 2.52. The lowest BCUT2D eigenvalue weighted by Gasteiger charge is -2.24. The normalized spacial score (nSPS) is 21.2. The number of aliphatic hydroxyl groups is 1. The molecule has 19 heavy (non-hydrogen) atoms. The summed E-state index contributed by atoms with van der Waals surface area (Å²) in [6.07, 6.45) is 11.8. The first kappa shape index (κ1) is 18.9. The molecular formula is C17H37NO. The van der Waals surface area contributed by atoms with Crippen LogP contribution in [0.4, 0.5) is 0 Å². The van der Waals surface area contributed by atoms with Gasteiger partial charge < -0.3 is 10.0 Å². The fraction of sp³-hybridized carbons (Fsp3) is 1.00. The Kier molecular flexibility index (Phi) is 12.9. The fourth-order valence-electron chi connectivity index (χ4n) is 3.08. The predicted octanol–water partition coefficient (Wildman–Crippen LogP) is 4.32. The van der Waals surface area contributed by atoms with Crippen molar-refractivity contribution in [1.29, 1.82) is 0 Å². The van der Waals surface area contributed by atoms with Crippen molar-refractivity contribution in [3.05, 3.63) is 0 Å². The quantitative estimate of drug-likeness (QED) is 0.808. The van der Waals surface area contributed by atoms with Crippen LogP contribution < -0.4 is 0 Å². The topological polar surface area (TPSA) is 23.5 Å². The number of hydrogen-bond donors (Lipinski definition) is 1. The van der Waals surface area contributed by atoms with E-state index in [9.17, 15) is 0 Å². The number of rotatable bonds is 2. The first-order valence-corrected chi connectivity index (χ1v) is 8.41. The van der Waals surface area contributed by atoms with Crippen molar-refractivity contribution in [2.75, 3.05) is 26.7 Å². The van der Waals surface area contributed by atoms with Gasteiger partial charge in [0.2, 0.25) is 0 Å². The summed E-state index contributed by atoms with van der Waals surface area (Å²) >= 11 is 0. The minimum Gasteiger partial charge on any atom is -0.400 e. The lowest BCUT2D eigenvalue weighted by atomic mass is 9.82. The summed E-state index contributed by atoms with van der Waals surface area (Å²) in [6, 6.07) is 0. The van der Waals surface area contributed by atoms with Crippen LogP contribution in [0, 0.1) is 11.8 Å². The van der Waals surface area contributed by atoms with Gasteiger partial charge in [0, 0.05) is 7.11 Å². The van der Waals surface area contributed by atoms with Gasteiger partial charge in [0.1, 0.15) is 0 Å². The second-order valence-electron chi connectivity index (χ2n) is 6.14. The van der Waals surface area contributed by atoms with Crippen LogP contribution in [0.3, 0.4) is 0 Å². The van der Waals surface area contributed by atoms with Gasteiger partial charge in [0.05, 0.1) is 0 Å². The Balaban J connectivity index is 0.000000303. The molecule has 0 aromatic rings. The Morgan fingerprint density at radius 1 is 0.895 bits per heavy atom. The summed E-state index contributed by atoms with van der Waals surface area (Å²) in [5.74, 6) is 1.99. The Morgan fingerprint density at radius 2 is 1.37 bits per heavy atom. The third-order valence-electron chi connectivity index (χ3n) is 4.49. The zero-order valence-corrected chi connectivity index (χ0v) is 13.8. The molecule has 0 atom stereocenters. The van der Waals surface area contributed by atoms with E-state index in [0.717, 1.165) is 18.9 Å². The van der Waals surface area contributed by atoms with Crippen molar-refractivity contribution in [3.63, 3.8) is 0 Å². The van der Waals surface area contributed by atoms with Crippen LogP contribution in [0.5, 0.6) is 0 Å². The van der Waals surface area contributed by atoms with Crippen LogP contribution in [0.1, 0.15) is 72.1 Å². The molecule has 2 fully saturated rings. The fourth-order valence-corrected chi connectivity index (χ4v) is 3.08. The molecule has 2 heteroatoms. The molecule has 1 N–H and O–H groups in total. The highest BCUT2D eigenvalue weighted by Gasteiger charge is 2.15. The lowest BCUT2D eigenvalue weighted by molar-refractivity contribution is 0.240. The first-order valence-electron chi connectivity index (χ1n) is 8.41. The molecule has 116 valence electrons. The van der Waals surface area contributed by atoms with E-state index in [1.165, 1.54) is 71.0 Å². The van der Waals surface area contributed by atoms with E-state index in [2.05, 4.69) is 25.7 Å². The molecule has 0 aromatic carbocycles. The molecule has 2 nitrogen and oxygen atoms in total. The maximum absolute atomic E-state index is 7.00. The number of aliphatic hydroxyl groups excluding tert-OH is 1. The van der Waals surface area contributed by atoms with Gasteiger partial charge in [-0.25, -0.2) is 0 Å². The average molecular weight is 271 g/mol. The number of piperidine rings is 1. The molecule has 0 amide bonds. The maximum atomic E-state index is 7.00. The number of nitrogens with zero attached hydrogens (tertiary/aromatic N) is 1. The largest absolute Gasteiger partial charge is 0.400 e. The zero-order valence-electron chi connectivity index (χ0n) is 13.8. The Labute approximate surface area is 121 Å². The standard InChI is InChI=1S/C9H18.C7H15N.CH4O/c1-8(2)9-6-4-3-5-7-9;1-2-8-6-4-3-5-7-8;1-2/h8-9H,3-7H2,1-2H3;2-7H2,1H3;2H,1H3. The molecule has 0 spiro atoms. The molecule has 2 rings (SSSR count). The van der Waals surface area contributed by atoms with E-state index >= 15 is 0 Å². The van der Waals surface area contributed by atoms with Gasteiger partial charge in [0.15, 0.2) is 0 Å². The van der Waals surface area contributed by atoms with Gasteiger partial charge >= 0.3 is 0 Å². The van der Waals surface area contributed by atoms with Crippen molar-refractivity contribution in [2.45, 2.75) is 72.1 Å². The van der Waals surface area contributed by atoms with E-state index in [4.69, 9.17) is 5.11 Å². The van der Waals surface area contributed by atoms with Gasteiger partial charge in [0.25, 0.3) is 0 Å². The SMILES string of the molecule is CC(C)C1CCCCC1.CCN1CCCCC1.CO. The van der Waals surface area contributed by atoms with Crippen LogP contribution in [0.25, 0.3) is 0 Å². The summed E-state index contributed by atoms with van der Waals surface area (Å²) in [6.45, 7) is 10.9. The highest BCUT2D eigenvalue weighted by atomic mass is 16.2. The van der Waals surface area contributed by atoms with E-state index in [1.807, 2.05) is 0 Å². The molecule has 1 saturated heterocycles. The van der Waals surface area contributed by atoms with E-state index in [-0.39, 0.29) is 0 Å². The molecule has 0 unspecified atom stereocenters. The van der Waals surface area contributed by atoms with Crippen LogP contribution in [0.15, 0.2) is 0 Å². The van der Waals surface area contributed by atoms with Crippen molar-refractivity contribution < 1.29 is 5.11 Å². The van der Waals surface area contributed by atoms with Gasteiger partial charge in [-0.3, -0.25) is 0 Å². The molecule has 0 bridgehead atoms. The van der Waals surface area contributed by atoms with Gasteiger partial charge in [-0.1, -0.05) is 59.3 Å². The van der Waals surface area contributed by atoms with E-state index in [0.29, 0.717) is 0 Å².